The van der Waals surface area contributed by atoms with E-state index in [0.717, 1.165) is 37.1 Å². The monoisotopic (exact) mass is 300 g/mol. The lowest BCUT2D eigenvalue weighted by atomic mass is 10.2. The van der Waals surface area contributed by atoms with Crippen molar-refractivity contribution in [2.24, 2.45) is 10.3 Å². The minimum Gasteiger partial charge on any atom is -0.380 e. The van der Waals surface area contributed by atoms with Crippen molar-refractivity contribution in [1.29, 1.82) is 0 Å². The zero-order valence-electron chi connectivity index (χ0n) is 13.4. The Labute approximate surface area is 124 Å². The first-order valence-corrected chi connectivity index (χ1v) is 9.04. The molecule has 0 aromatic rings. The average molecular weight is 300 g/mol. The number of hydrogen-bond donors (Lipinski definition) is 0. The summed E-state index contributed by atoms with van der Waals surface area (Å²) in [5.41, 5.74) is 3.37. The highest BCUT2D eigenvalue weighted by Gasteiger charge is 2.44. The Morgan fingerprint density at radius 1 is 1.00 bits per heavy atom. The van der Waals surface area contributed by atoms with Crippen LogP contribution in [0.1, 0.15) is 60.3 Å². The molecular formula is C14H28N2O3Si. The summed E-state index contributed by atoms with van der Waals surface area (Å²) in [4.78, 5) is 0. The first kappa shape index (κ1) is 18.9. The fourth-order valence-electron chi connectivity index (χ4n) is 1.50. The maximum absolute atomic E-state index is 5.60. The van der Waals surface area contributed by atoms with E-state index in [-0.39, 0.29) is 0 Å². The van der Waals surface area contributed by atoms with Crippen molar-refractivity contribution in [1.82, 2.24) is 0 Å². The third kappa shape index (κ3) is 7.45. The molecule has 0 rings (SSSR count). The van der Waals surface area contributed by atoms with Crippen LogP contribution in [-0.4, -0.2) is 26.8 Å². The number of rotatable bonds is 11. The van der Waals surface area contributed by atoms with Gasteiger partial charge in [-0.05, 0) is 33.6 Å². The van der Waals surface area contributed by atoms with Gasteiger partial charge in [-0.2, -0.15) is 0 Å². The second-order valence-corrected chi connectivity index (χ2v) is 6.85. The first-order chi connectivity index (χ1) is 9.53. The molecule has 0 aliphatic rings. The van der Waals surface area contributed by atoms with Crippen LogP contribution >= 0.6 is 0 Å². The Balaban J connectivity index is 4.86. The molecule has 0 heterocycles. The molecule has 0 N–H and O–H groups in total. The number of hydrogen-bond acceptors (Lipinski definition) is 5. The predicted octanol–water partition coefficient (Wildman–Crippen LogP) is 4.07. The van der Waals surface area contributed by atoms with Crippen LogP contribution in [0.5, 0.6) is 0 Å². The number of oxime groups is 2. The summed E-state index contributed by atoms with van der Waals surface area (Å²) >= 11 is 0. The highest BCUT2D eigenvalue weighted by Crippen LogP contribution is 2.13. The lowest BCUT2D eigenvalue weighted by molar-refractivity contribution is 0.0803. The molecule has 0 unspecified atom stereocenters. The van der Waals surface area contributed by atoms with Crippen molar-refractivity contribution in [2.75, 3.05) is 6.61 Å². The molecule has 0 amide bonds. The summed E-state index contributed by atoms with van der Waals surface area (Å²) in [6.07, 6.45) is 3.80. The fourth-order valence-corrected chi connectivity index (χ4v) is 2.88. The predicted molar refractivity (Wildman–Crippen MR) is 85.8 cm³/mol. The van der Waals surface area contributed by atoms with E-state index in [1.54, 1.807) is 5.70 Å². The van der Waals surface area contributed by atoms with E-state index in [4.69, 9.17) is 13.5 Å². The van der Waals surface area contributed by atoms with Gasteiger partial charge >= 0.3 is 8.80 Å². The molecule has 0 aromatic heterocycles. The van der Waals surface area contributed by atoms with Gasteiger partial charge < -0.3 is 13.5 Å². The van der Waals surface area contributed by atoms with Crippen LogP contribution in [0.3, 0.4) is 0 Å². The summed E-state index contributed by atoms with van der Waals surface area (Å²) in [5, 5.41) is 8.18. The Hall–Kier alpha value is -1.14. The number of nitrogens with zero attached hydrogens (tertiary/aromatic N) is 2. The van der Waals surface area contributed by atoms with Gasteiger partial charge in [0.15, 0.2) is 0 Å². The van der Waals surface area contributed by atoms with Crippen LogP contribution in [0.15, 0.2) is 22.6 Å². The quantitative estimate of drug-likeness (QED) is 0.328. The van der Waals surface area contributed by atoms with Crippen molar-refractivity contribution in [3.8, 4) is 0 Å². The fraction of sp³-hybridized carbons (Fsp3) is 0.714. The topological polar surface area (TPSA) is 52.4 Å². The molecule has 5 nitrogen and oxygen atoms in total. The minimum absolute atomic E-state index is 0.461. The molecule has 0 aromatic carbocycles. The standard InChI is InChI=1S/C14H28N2O3Si/c1-7-11-13(5)15-18-20(10-4,17-9-3)19-16-14(6)12-8-2/h10H,4,7-9,11-12H2,1-3,5-6H3. The highest BCUT2D eigenvalue weighted by atomic mass is 28.4. The van der Waals surface area contributed by atoms with Crippen molar-refractivity contribution in [3.05, 3.63) is 12.3 Å². The summed E-state index contributed by atoms with van der Waals surface area (Å²) in [6.45, 7) is 14.1. The van der Waals surface area contributed by atoms with Gasteiger partial charge in [0, 0.05) is 12.3 Å². The molecule has 0 saturated heterocycles. The third-order valence-corrected chi connectivity index (χ3v) is 4.36. The largest absolute Gasteiger partial charge is 0.703 e. The molecule has 0 saturated carbocycles. The molecule has 0 aliphatic carbocycles. The van der Waals surface area contributed by atoms with Crippen molar-refractivity contribution < 1.29 is 13.5 Å². The van der Waals surface area contributed by atoms with Crippen LogP contribution in [0.4, 0.5) is 0 Å². The molecular weight excluding hydrogens is 272 g/mol. The van der Waals surface area contributed by atoms with Gasteiger partial charge in [0.25, 0.3) is 0 Å². The van der Waals surface area contributed by atoms with Crippen LogP contribution in [0.25, 0.3) is 0 Å². The smallest absolute Gasteiger partial charge is 0.380 e. The molecule has 0 aliphatic heterocycles. The molecule has 0 spiro atoms. The minimum atomic E-state index is -3.06. The zero-order valence-corrected chi connectivity index (χ0v) is 14.4. The Bertz CT molecular complexity index is 319. The van der Waals surface area contributed by atoms with E-state index in [9.17, 15) is 0 Å². The molecule has 0 radical (unpaired) electrons. The Morgan fingerprint density at radius 2 is 1.45 bits per heavy atom. The second-order valence-electron chi connectivity index (χ2n) is 4.58. The second kappa shape index (κ2) is 10.6. The van der Waals surface area contributed by atoms with Crippen LogP contribution < -0.4 is 0 Å². The molecule has 0 fully saturated rings. The van der Waals surface area contributed by atoms with E-state index in [1.807, 2.05) is 20.8 Å². The Kier molecular flexibility index (Phi) is 10.0. The average Bonchev–Trinajstić information content (AvgIpc) is 2.43. The molecule has 0 bridgehead atoms. The third-order valence-electron chi connectivity index (χ3n) is 2.48. The normalized spacial score (nSPS) is 15.7. The van der Waals surface area contributed by atoms with Gasteiger partial charge in [-0.15, -0.1) is 10.3 Å². The van der Waals surface area contributed by atoms with Crippen molar-refractivity contribution >= 4 is 20.2 Å². The molecule has 0 atom stereocenters. The van der Waals surface area contributed by atoms with E-state index < -0.39 is 8.80 Å². The van der Waals surface area contributed by atoms with Gasteiger partial charge in [0.05, 0.1) is 11.4 Å². The summed E-state index contributed by atoms with van der Waals surface area (Å²) in [7, 11) is -3.06. The summed E-state index contributed by atoms with van der Waals surface area (Å²) in [5.74, 6) is 0. The molecule has 20 heavy (non-hydrogen) atoms. The SMILES string of the molecule is C=C[Si](OCC)(ON=C(C)CCC)ON=C(C)CCC. The lowest BCUT2D eigenvalue weighted by Crippen LogP contribution is -2.41. The van der Waals surface area contributed by atoms with E-state index in [2.05, 4.69) is 30.7 Å². The van der Waals surface area contributed by atoms with E-state index in [0.29, 0.717) is 6.61 Å². The van der Waals surface area contributed by atoms with Gasteiger partial charge in [-0.25, -0.2) is 0 Å². The summed E-state index contributed by atoms with van der Waals surface area (Å²) < 4.78 is 16.6. The van der Waals surface area contributed by atoms with Crippen molar-refractivity contribution in [3.63, 3.8) is 0 Å². The van der Waals surface area contributed by atoms with E-state index in [1.165, 1.54) is 0 Å². The van der Waals surface area contributed by atoms with Crippen LogP contribution in [0, 0.1) is 0 Å². The van der Waals surface area contributed by atoms with Crippen LogP contribution in [0.2, 0.25) is 0 Å². The van der Waals surface area contributed by atoms with E-state index >= 15 is 0 Å². The van der Waals surface area contributed by atoms with Gasteiger partial charge in [0.2, 0.25) is 0 Å². The molecule has 116 valence electrons. The van der Waals surface area contributed by atoms with Gasteiger partial charge in [-0.1, -0.05) is 33.3 Å². The highest BCUT2D eigenvalue weighted by molar-refractivity contribution is 6.66. The summed E-state index contributed by atoms with van der Waals surface area (Å²) in [6, 6.07) is 0. The Morgan fingerprint density at radius 3 is 1.75 bits per heavy atom. The maximum Gasteiger partial charge on any atom is 0.703 e. The van der Waals surface area contributed by atoms with Gasteiger partial charge in [-0.3, -0.25) is 0 Å². The van der Waals surface area contributed by atoms with Crippen molar-refractivity contribution in [2.45, 2.75) is 60.3 Å². The lowest BCUT2D eigenvalue weighted by Gasteiger charge is -2.20. The first-order valence-electron chi connectivity index (χ1n) is 7.24. The molecule has 6 heteroatoms. The van der Waals surface area contributed by atoms with Crippen LogP contribution in [-0.2, 0) is 13.5 Å². The maximum atomic E-state index is 5.60. The van der Waals surface area contributed by atoms with Gasteiger partial charge in [0.1, 0.15) is 0 Å². The zero-order chi connectivity index (χ0) is 15.4.